The lowest BCUT2D eigenvalue weighted by Crippen LogP contribution is -2.47. The SMILES string of the molecule is Cc1cn2cc(NC(=O)c3cnc(N4CC(CCCC(F)F)C4)cn3)cc(F)c2n1. The Morgan fingerprint density at radius 1 is 1.27 bits per heavy atom. The molecule has 1 N–H and O–H groups in total. The number of imidazole rings is 1. The molecule has 30 heavy (non-hydrogen) atoms. The van der Waals surface area contributed by atoms with Gasteiger partial charge < -0.3 is 14.6 Å². The lowest BCUT2D eigenvalue weighted by atomic mass is 9.94. The Kier molecular flexibility index (Phi) is 5.56. The van der Waals surface area contributed by atoms with Crippen molar-refractivity contribution in [3.63, 3.8) is 0 Å². The van der Waals surface area contributed by atoms with E-state index in [2.05, 4.69) is 20.3 Å². The van der Waals surface area contributed by atoms with Crippen molar-refractivity contribution in [1.82, 2.24) is 19.4 Å². The monoisotopic (exact) mass is 418 g/mol. The number of amides is 1. The number of halogens is 3. The van der Waals surface area contributed by atoms with Crippen molar-refractivity contribution in [2.24, 2.45) is 5.92 Å². The Hall–Kier alpha value is -3.17. The number of nitrogens with one attached hydrogen (secondary N) is 1. The number of aryl methyl sites for hydroxylation is 1. The molecule has 1 saturated heterocycles. The summed E-state index contributed by atoms with van der Waals surface area (Å²) in [6.45, 7) is 3.24. The molecule has 3 aromatic heterocycles. The summed E-state index contributed by atoms with van der Waals surface area (Å²) >= 11 is 0. The third-order valence-corrected chi connectivity index (χ3v) is 5.07. The van der Waals surface area contributed by atoms with E-state index in [0.29, 0.717) is 23.9 Å². The summed E-state index contributed by atoms with van der Waals surface area (Å²) in [7, 11) is 0. The number of hydrogen-bond acceptors (Lipinski definition) is 5. The van der Waals surface area contributed by atoms with Gasteiger partial charge in [-0.15, -0.1) is 0 Å². The molecule has 0 aliphatic carbocycles. The van der Waals surface area contributed by atoms with Crippen LogP contribution in [-0.2, 0) is 0 Å². The van der Waals surface area contributed by atoms with Gasteiger partial charge in [0.1, 0.15) is 11.5 Å². The lowest BCUT2D eigenvalue weighted by molar-refractivity contribution is 0.102. The van der Waals surface area contributed by atoms with E-state index < -0.39 is 18.1 Å². The zero-order chi connectivity index (χ0) is 21.3. The largest absolute Gasteiger partial charge is 0.355 e. The molecule has 1 fully saturated rings. The average Bonchev–Trinajstić information content (AvgIpc) is 3.04. The smallest absolute Gasteiger partial charge is 0.275 e. The number of nitrogens with zero attached hydrogens (tertiary/aromatic N) is 5. The van der Waals surface area contributed by atoms with Gasteiger partial charge in [0.25, 0.3) is 5.91 Å². The minimum absolute atomic E-state index is 0.0581. The molecule has 0 spiro atoms. The second kappa shape index (κ2) is 8.29. The predicted octanol–water partition coefficient (Wildman–Crippen LogP) is 3.70. The number of aromatic nitrogens is 4. The Bertz CT molecular complexity index is 1050. The van der Waals surface area contributed by atoms with Crippen LogP contribution in [0.15, 0.2) is 30.9 Å². The fraction of sp³-hybridized carbons (Fsp3) is 0.400. The highest BCUT2D eigenvalue weighted by Gasteiger charge is 2.27. The van der Waals surface area contributed by atoms with Gasteiger partial charge in [0.15, 0.2) is 11.5 Å². The normalized spacial score (nSPS) is 14.4. The minimum Gasteiger partial charge on any atom is -0.355 e. The lowest BCUT2D eigenvalue weighted by Gasteiger charge is -2.40. The third-order valence-electron chi connectivity index (χ3n) is 5.07. The molecule has 158 valence electrons. The Labute approximate surface area is 171 Å². The van der Waals surface area contributed by atoms with E-state index in [-0.39, 0.29) is 23.4 Å². The van der Waals surface area contributed by atoms with Gasteiger partial charge in [0.05, 0.1) is 23.8 Å². The van der Waals surface area contributed by atoms with Crippen molar-refractivity contribution in [3.05, 3.63) is 48.1 Å². The molecular formula is C20H21F3N6O. The van der Waals surface area contributed by atoms with Crippen LogP contribution in [0.5, 0.6) is 0 Å². The van der Waals surface area contributed by atoms with Crippen LogP contribution in [-0.4, -0.2) is 44.8 Å². The summed E-state index contributed by atoms with van der Waals surface area (Å²) in [5, 5.41) is 2.61. The maximum absolute atomic E-state index is 14.1. The second-order valence-corrected chi connectivity index (χ2v) is 7.50. The molecule has 4 heterocycles. The van der Waals surface area contributed by atoms with Gasteiger partial charge in [-0.2, -0.15) is 0 Å². The summed E-state index contributed by atoms with van der Waals surface area (Å²) in [5.41, 5.74) is 1.25. The minimum atomic E-state index is -2.24. The molecule has 10 heteroatoms. The summed E-state index contributed by atoms with van der Waals surface area (Å²) < 4.78 is 40.0. The van der Waals surface area contributed by atoms with E-state index in [0.717, 1.165) is 19.5 Å². The van der Waals surface area contributed by atoms with E-state index in [1.54, 1.807) is 19.3 Å². The van der Waals surface area contributed by atoms with E-state index in [9.17, 15) is 18.0 Å². The van der Waals surface area contributed by atoms with Crippen LogP contribution in [0.2, 0.25) is 0 Å². The fourth-order valence-electron chi connectivity index (χ4n) is 3.55. The van der Waals surface area contributed by atoms with Gasteiger partial charge in [-0.3, -0.25) is 4.79 Å². The van der Waals surface area contributed by atoms with Gasteiger partial charge in [-0.25, -0.2) is 28.1 Å². The standard InChI is InChI=1S/C20H21F3N6O/c1-12-8-29-11-14(5-15(21)19(29)26-12)27-20(30)16-6-25-18(7-24-16)28-9-13(10-28)3-2-4-17(22)23/h5-8,11,13,17H,2-4,9-10H2,1H3,(H,27,30). The topological polar surface area (TPSA) is 75.4 Å². The van der Waals surface area contributed by atoms with Gasteiger partial charge >= 0.3 is 0 Å². The van der Waals surface area contributed by atoms with Crippen molar-refractivity contribution < 1.29 is 18.0 Å². The summed E-state index contributed by atoms with van der Waals surface area (Å²) in [5.74, 6) is -0.0236. The molecule has 0 unspecified atom stereocenters. The van der Waals surface area contributed by atoms with Crippen LogP contribution in [0.4, 0.5) is 24.7 Å². The fourth-order valence-corrected chi connectivity index (χ4v) is 3.55. The van der Waals surface area contributed by atoms with Crippen LogP contribution in [0.1, 0.15) is 35.4 Å². The molecule has 3 aromatic rings. The summed E-state index contributed by atoms with van der Waals surface area (Å²) in [4.78, 5) is 26.9. The molecule has 4 rings (SSSR count). The number of carbonyl (C=O) groups is 1. The molecule has 1 amide bonds. The molecule has 1 aliphatic heterocycles. The number of rotatable bonds is 7. The van der Waals surface area contributed by atoms with E-state index in [4.69, 9.17) is 0 Å². The van der Waals surface area contributed by atoms with Crippen LogP contribution in [0.3, 0.4) is 0 Å². The predicted molar refractivity (Wildman–Crippen MR) is 105 cm³/mol. The number of pyridine rings is 1. The molecule has 0 aromatic carbocycles. The van der Waals surface area contributed by atoms with Crippen molar-refractivity contribution in [1.29, 1.82) is 0 Å². The quantitative estimate of drug-likeness (QED) is 0.633. The highest BCUT2D eigenvalue weighted by atomic mass is 19.3. The molecule has 0 bridgehead atoms. The highest BCUT2D eigenvalue weighted by Crippen LogP contribution is 2.26. The Balaban J connectivity index is 1.34. The van der Waals surface area contributed by atoms with Crippen LogP contribution >= 0.6 is 0 Å². The number of alkyl halides is 2. The van der Waals surface area contributed by atoms with E-state index >= 15 is 0 Å². The zero-order valence-corrected chi connectivity index (χ0v) is 16.4. The van der Waals surface area contributed by atoms with E-state index in [1.165, 1.54) is 22.9 Å². The molecule has 1 aliphatic rings. The molecule has 0 saturated carbocycles. The Morgan fingerprint density at radius 2 is 2.07 bits per heavy atom. The van der Waals surface area contributed by atoms with Gasteiger partial charge in [-0.1, -0.05) is 0 Å². The summed E-state index contributed by atoms with van der Waals surface area (Å²) in [6, 6.07) is 1.20. The average molecular weight is 418 g/mol. The Morgan fingerprint density at radius 3 is 2.77 bits per heavy atom. The van der Waals surface area contributed by atoms with Crippen molar-refractivity contribution in [2.75, 3.05) is 23.3 Å². The maximum atomic E-state index is 14.1. The van der Waals surface area contributed by atoms with E-state index in [1.807, 2.05) is 4.90 Å². The first-order chi connectivity index (χ1) is 14.4. The van der Waals surface area contributed by atoms with Crippen LogP contribution < -0.4 is 10.2 Å². The number of fused-ring (bicyclic) bond motifs is 1. The molecule has 0 radical (unpaired) electrons. The molecule has 7 nitrogen and oxygen atoms in total. The second-order valence-electron chi connectivity index (χ2n) is 7.50. The molecular weight excluding hydrogens is 397 g/mol. The number of carbonyl (C=O) groups excluding carboxylic acids is 1. The zero-order valence-electron chi connectivity index (χ0n) is 16.4. The van der Waals surface area contributed by atoms with Crippen LogP contribution in [0, 0.1) is 18.7 Å². The first-order valence-corrected chi connectivity index (χ1v) is 9.70. The van der Waals surface area contributed by atoms with Crippen molar-refractivity contribution in [2.45, 2.75) is 32.6 Å². The van der Waals surface area contributed by atoms with Crippen molar-refractivity contribution >= 4 is 23.1 Å². The van der Waals surface area contributed by atoms with Crippen LogP contribution in [0.25, 0.3) is 5.65 Å². The van der Waals surface area contributed by atoms with Gasteiger partial charge in [-0.05, 0) is 25.7 Å². The molecule has 0 atom stereocenters. The summed E-state index contributed by atoms with van der Waals surface area (Å²) in [6.07, 6.45) is 5.10. The first kappa shape index (κ1) is 20.1. The maximum Gasteiger partial charge on any atom is 0.275 e. The number of anilines is 2. The van der Waals surface area contributed by atoms with Gasteiger partial charge in [0.2, 0.25) is 6.43 Å². The third kappa shape index (κ3) is 4.37. The highest BCUT2D eigenvalue weighted by molar-refractivity contribution is 6.02. The van der Waals surface area contributed by atoms with Gasteiger partial charge in [0, 0.05) is 38.0 Å². The van der Waals surface area contributed by atoms with Crippen molar-refractivity contribution in [3.8, 4) is 0 Å². The first-order valence-electron chi connectivity index (χ1n) is 9.70. The number of hydrogen-bond donors (Lipinski definition) is 1.